The number of carbonyl (C=O) groups is 3. The monoisotopic (exact) mass is 455 g/mol. The molecular formula is C20H14BrN3O5. The van der Waals surface area contributed by atoms with Crippen molar-refractivity contribution in [1.29, 1.82) is 5.26 Å². The maximum atomic E-state index is 11.9. The van der Waals surface area contributed by atoms with Crippen molar-refractivity contribution in [3.8, 4) is 17.6 Å². The standard InChI is InChI=1S/C20H14BrN3O5/c1-28-16-8-13(6-14-18(25)23-20(27)24-19(14)26)7-15(21)17(16)29-10-12-4-2-11(9-22)3-5-12/h2-8H,10H2,1H3,(H2,23,24,25,26,27). The molecule has 9 heteroatoms. The Bertz CT molecular complexity index is 1050. The largest absolute Gasteiger partial charge is 0.493 e. The number of methoxy groups -OCH3 is 1. The minimum atomic E-state index is -0.859. The first-order valence-electron chi connectivity index (χ1n) is 8.29. The lowest BCUT2D eigenvalue weighted by molar-refractivity contribution is -0.123. The van der Waals surface area contributed by atoms with Crippen molar-refractivity contribution in [1.82, 2.24) is 10.6 Å². The Morgan fingerprint density at radius 2 is 1.76 bits per heavy atom. The van der Waals surface area contributed by atoms with E-state index in [4.69, 9.17) is 14.7 Å². The van der Waals surface area contributed by atoms with Gasteiger partial charge in [-0.1, -0.05) is 12.1 Å². The molecule has 2 aromatic carbocycles. The highest BCUT2D eigenvalue weighted by molar-refractivity contribution is 9.10. The molecule has 1 aliphatic rings. The van der Waals surface area contributed by atoms with Crippen molar-refractivity contribution >= 4 is 39.9 Å². The van der Waals surface area contributed by atoms with E-state index in [0.29, 0.717) is 27.1 Å². The molecule has 2 N–H and O–H groups in total. The van der Waals surface area contributed by atoms with Crippen LogP contribution in [0.15, 0.2) is 46.4 Å². The SMILES string of the molecule is COc1cc(C=C2C(=O)NC(=O)NC2=O)cc(Br)c1OCc1ccc(C#N)cc1. The highest BCUT2D eigenvalue weighted by atomic mass is 79.9. The first kappa shape index (κ1) is 20.1. The van der Waals surface area contributed by atoms with Crippen molar-refractivity contribution in [2.45, 2.75) is 6.61 Å². The molecule has 29 heavy (non-hydrogen) atoms. The van der Waals surface area contributed by atoms with E-state index in [1.54, 1.807) is 36.4 Å². The molecule has 0 bridgehead atoms. The number of imide groups is 2. The molecule has 8 nitrogen and oxygen atoms in total. The van der Waals surface area contributed by atoms with E-state index in [1.807, 2.05) is 10.6 Å². The van der Waals surface area contributed by atoms with Crippen LogP contribution in [0.2, 0.25) is 0 Å². The molecule has 3 rings (SSSR count). The molecule has 0 unspecified atom stereocenters. The first-order chi connectivity index (χ1) is 13.9. The van der Waals surface area contributed by atoms with Gasteiger partial charge in [0.25, 0.3) is 11.8 Å². The summed E-state index contributed by atoms with van der Waals surface area (Å²) in [6.45, 7) is 0.244. The van der Waals surface area contributed by atoms with Crippen LogP contribution in [-0.2, 0) is 16.2 Å². The fourth-order valence-electron chi connectivity index (χ4n) is 2.57. The van der Waals surface area contributed by atoms with Crippen LogP contribution in [0.3, 0.4) is 0 Å². The second-order valence-corrected chi connectivity index (χ2v) is 6.78. The van der Waals surface area contributed by atoms with E-state index < -0.39 is 17.8 Å². The molecule has 1 aliphatic heterocycles. The molecule has 1 heterocycles. The Kier molecular flexibility index (Phi) is 5.95. The summed E-state index contributed by atoms with van der Waals surface area (Å²) in [5, 5.41) is 12.9. The van der Waals surface area contributed by atoms with E-state index in [1.165, 1.54) is 13.2 Å². The van der Waals surface area contributed by atoms with Crippen LogP contribution < -0.4 is 20.1 Å². The van der Waals surface area contributed by atoms with E-state index in [-0.39, 0.29) is 12.2 Å². The third kappa shape index (κ3) is 4.62. The van der Waals surface area contributed by atoms with E-state index >= 15 is 0 Å². The Morgan fingerprint density at radius 3 is 2.34 bits per heavy atom. The van der Waals surface area contributed by atoms with Gasteiger partial charge in [0.2, 0.25) is 0 Å². The lowest BCUT2D eigenvalue weighted by Gasteiger charge is -2.16. The van der Waals surface area contributed by atoms with Gasteiger partial charge in [0, 0.05) is 0 Å². The van der Waals surface area contributed by atoms with E-state index in [0.717, 1.165) is 5.56 Å². The van der Waals surface area contributed by atoms with Crippen LogP contribution >= 0.6 is 15.9 Å². The van der Waals surface area contributed by atoms with Gasteiger partial charge in [0.15, 0.2) is 11.5 Å². The van der Waals surface area contributed by atoms with Crippen LogP contribution in [0, 0.1) is 11.3 Å². The summed E-state index contributed by atoms with van der Waals surface area (Å²) in [6.07, 6.45) is 1.34. The lowest BCUT2D eigenvalue weighted by atomic mass is 10.1. The third-order valence-electron chi connectivity index (χ3n) is 3.97. The molecule has 0 aromatic heterocycles. The smallest absolute Gasteiger partial charge is 0.328 e. The van der Waals surface area contributed by atoms with Gasteiger partial charge in [-0.2, -0.15) is 5.26 Å². The molecule has 0 saturated carbocycles. The summed E-state index contributed by atoms with van der Waals surface area (Å²) in [5.74, 6) is -0.746. The van der Waals surface area contributed by atoms with Crippen LogP contribution in [0.1, 0.15) is 16.7 Å². The van der Waals surface area contributed by atoms with Crippen molar-refractivity contribution < 1.29 is 23.9 Å². The van der Waals surface area contributed by atoms with Crippen molar-refractivity contribution in [3.63, 3.8) is 0 Å². The zero-order valence-corrected chi connectivity index (χ0v) is 16.7. The molecule has 2 aromatic rings. The Morgan fingerprint density at radius 1 is 1.10 bits per heavy atom. The van der Waals surface area contributed by atoms with Gasteiger partial charge in [-0.3, -0.25) is 20.2 Å². The normalized spacial score (nSPS) is 13.3. The van der Waals surface area contributed by atoms with Crippen LogP contribution in [-0.4, -0.2) is 25.0 Å². The molecule has 0 radical (unpaired) electrons. The zero-order chi connectivity index (χ0) is 21.0. The van der Waals surface area contributed by atoms with Gasteiger partial charge in [0.05, 0.1) is 23.2 Å². The number of nitrogens with one attached hydrogen (secondary N) is 2. The molecule has 1 saturated heterocycles. The molecular weight excluding hydrogens is 442 g/mol. The number of nitrogens with zero attached hydrogens (tertiary/aromatic N) is 1. The van der Waals surface area contributed by atoms with Gasteiger partial charge in [-0.25, -0.2) is 4.79 Å². The van der Waals surface area contributed by atoms with Gasteiger partial charge in [-0.15, -0.1) is 0 Å². The van der Waals surface area contributed by atoms with Gasteiger partial charge < -0.3 is 9.47 Å². The van der Waals surface area contributed by atoms with Crippen molar-refractivity contribution in [3.05, 3.63) is 63.1 Å². The molecule has 1 fully saturated rings. The number of halogens is 1. The number of hydrogen-bond donors (Lipinski definition) is 2. The number of benzene rings is 2. The van der Waals surface area contributed by atoms with E-state index in [2.05, 4.69) is 22.0 Å². The lowest BCUT2D eigenvalue weighted by Crippen LogP contribution is -2.51. The Balaban J connectivity index is 1.84. The summed E-state index contributed by atoms with van der Waals surface area (Å²) in [4.78, 5) is 34.9. The quantitative estimate of drug-likeness (QED) is 0.528. The fraction of sp³-hybridized carbons (Fsp3) is 0.100. The van der Waals surface area contributed by atoms with Crippen LogP contribution in [0.5, 0.6) is 11.5 Å². The van der Waals surface area contributed by atoms with E-state index in [9.17, 15) is 14.4 Å². The summed E-state index contributed by atoms with van der Waals surface area (Å²) in [6, 6.07) is 11.4. The predicted octanol–water partition coefficient (Wildman–Crippen LogP) is 2.66. The number of nitriles is 1. The topological polar surface area (TPSA) is 118 Å². The summed E-state index contributed by atoms with van der Waals surface area (Å²) >= 11 is 3.41. The maximum absolute atomic E-state index is 11.9. The Hall–Kier alpha value is -3.64. The second-order valence-electron chi connectivity index (χ2n) is 5.93. The van der Waals surface area contributed by atoms with Crippen LogP contribution in [0.4, 0.5) is 4.79 Å². The predicted molar refractivity (Wildman–Crippen MR) is 106 cm³/mol. The number of amides is 4. The number of carbonyl (C=O) groups excluding carboxylic acids is 3. The molecule has 0 atom stereocenters. The summed E-state index contributed by atoms with van der Waals surface area (Å²) in [5.41, 5.74) is 1.71. The second kappa shape index (κ2) is 8.58. The number of ether oxygens (including phenoxy) is 2. The number of rotatable bonds is 5. The average Bonchev–Trinajstić information content (AvgIpc) is 2.70. The Labute approximate surface area is 174 Å². The zero-order valence-electron chi connectivity index (χ0n) is 15.1. The number of urea groups is 1. The molecule has 4 amide bonds. The molecule has 146 valence electrons. The van der Waals surface area contributed by atoms with Crippen molar-refractivity contribution in [2.75, 3.05) is 7.11 Å². The van der Waals surface area contributed by atoms with Crippen LogP contribution in [0.25, 0.3) is 6.08 Å². The first-order valence-corrected chi connectivity index (χ1v) is 9.08. The van der Waals surface area contributed by atoms with Gasteiger partial charge in [-0.05, 0) is 57.4 Å². The summed E-state index contributed by atoms with van der Waals surface area (Å²) < 4.78 is 11.8. The summed E-state index contributed by atoms with van der Waals surface area (Å²) in [7, 11) is 1.46. The highest BCUT2D eigenvalue weighted by Crippen LogP contribution is 2.37. The number of barbiturate groups is 1. The maximum Gasteiger partial charge on any atom is 0.328 e. The highest BCUT2D eigenvalue weighted by Gasteiger charge is 2.27. The molecule has 0 spiro atoms. The minimum Gasteiger partial charge on any atom is -0.493 e. The average molecular weight is 456 g/mol. The minimum absolute atomic E-state index is 0.204. The van der Waals surface area contributed by atoms with Crippen molar-refractivity contribution in [2.24, 2.45) is 0 Å². The van der Waals surface area contributed by atoms with Gasteiger partial charge in [0.1, 0.15) is 12.2 Å². The number of hydrogen-bond acceptors (Lipinski definition) is 6. The third-order valence-corrected chi connectivity index (χ3v) is 4.56. The van der Waals surface area contributed by atoms with Gasteiger partial charge >= 0.3 is 6.03 Å². The molecule has 0 aliphatic carbocycles. The fourth-order valence-corrected chi connectivity index (χ4v) is 3.14.